The smallest absolute Gasteiger partial charge is 0.0728 e. The third-order valence-corrected chi connectivity index (χ3v) is 3.57. The van der Waals surface area contributed by atoms with Crippen molar-refractivity contribution in [3.63, 3.8) is 0 Å². The fourth-order valence-electron chi connectivity index (χ4n) is 2.59. The number of ether oxygens (including phenoxy) is 1. The SMILES string of the molecule is CCCNC(CCc1cnn(C)c1)C1CCCO1. The molecule has 2 unspecified atom stereocenters. The van der Waals surface area contributed by atoms with Gasteiger partial charge in [0.25, 0.3) is 0 Å². The highest BCUT2D eigenvalue weighted by molar-refractivity contribution is 5.04. The molecule has 0 bridgehead atoms. The van der Waals surface area contributed by atoms with Crippen molar-refractivity contribution in [1.29, 1.82) is 0 Å². The van der Waals surface area contributed by atoms with Crippen LogP contribution in [0, 0.1) is 0 Å². The van der Waals surface area contributed by atoms with Gasteiger partial charge in [0.2, 0.25) is 0 Å². The highest BCUT2D eigenvalue weighted by Crippen LogP contribution is 2.19. The van der Waals surface area contributed by atoms with E-state index in [1.165, 1.54) is 24.8 Å². The van der Waals surface area contributed by atoms with Gasteiger partial charge >= 0.3 is 0 Å². The van der Waals surface area contributed by atoms with Crippen LogP contribution in [0.5, 0.6) is 0 Å². The zero-order valence-corrected chi connectivity index (χ0v) is 11.6. The Morgan fingerprint density at radius 1 is 1.61 bits per heavy atom. The Kier molecular flexibility index (Phi) is 5.20. The first kappa shape index (κ1) is 13.6. The van der Waals surface area contributed by atoms with Crippen molar-refractivity contribution in [3.8, 4) is 0 Å². The first-order chi connectivity index (χ1) is 8.79. The van der Waals surface area contributed by atoms with Crippen LogP contribution < -0.4 is 5.32 Å². The molecule has 2 atom stereocenters. The van der Waals surface area contributed by atoms with Crippen molar-refractivity contribution in [2.24, 2.45) is 7.05 Å². The van der Waals surface area contributed by atoms with Gasteiger partial charge in [-0.25, -0.2) is 0 Å². The summed E-state index contributed by atoms with van der Waals surface area (Å²) < 4.78 is 7.69. The number of aromatic nitrogens is 2. The minimum atomic E-state index is 0.410. The summed E-state index contributed by atoms with van der Waals surface area (Å²) in [4.78, 5) is 0. The predicted molar refractivity (Wildman–Crippen MR) is 72.6 cm³/mol. The molecule has 0 spiro atoms. The van der Waals surface area contributed by atoms with Crippen LogP contribution in [-0.2, 0) is 18.2 Å². The predicted octanol–water partition coefficient (Wildman–Crippen LogP) is 1.90. The molecule has 1 N–H and O–H groups in total. The second-order valence-electron chi connectivity index (χ2n) is 5.17. The molecule has 2 rings (SSSR count). The van der Waals surface area contributed by atoms with Crippen molar-refractivity contribution >= 4 is 0 Å². The van der Waals surface area contributed by atoms with Crippen molar-refractivity contribution < 1.29 is 4.74 Å². The highest BCUT2D eigenvalue weighted by atomic mass is 16.5. The summed E-state index contributed by atoms with van der Waals surface area (Å²) in [5.74, 6) is 0. The molecule has 18 heavy (non-hydrogen) atoms. The lowest BCUT2D eigenvalue weighted by Crippen LogP contribution is -2.40. The van der Waals surface area contributed by atoms with Gasteiger partial charge in [-0.3, -0.25) is 4.68 Å². The maximum absolute atomic E-state index is 5.82. The summed E-state index contributed by atoms with van der Waals surface area (Å²) in [7, 11) is 1.97. The molecule has 1 fully saturated rings. The van der Waals surface area contributed by atoms with E-state index in [0.717, 1.165) is 26.0 Å². The quantitative estimate of drug-likeness (QED) is 0.804. The van der Waals surface area contributed by atoms with E-state index in [1.807, 2.05) is 17.9 Å². The Bertz CT molecular complexity index is 345. The van der Waals surface area contributed by atoms with Crippen molar-refractivity contribution in [3.05, 3.63) is 18.0 Å². The largest absolute Gasteiger partial charge is 0.377 e. The molecule has 4 nitrogen and oxygen atoms in total. The van der Waals surface area contributed by atoms with E-state index in [4.69, 9.17) is 4.74 Å². The molecular formula is C14H25N3O. The average molecular weight is 251 g/mol. The van der Waals surface area contributed by atoms with E-state index in [-0.39, 0.29) is 0 Å². The molecule has 2 heterocycles. The summed E-state index contributed by atoms with van der Waals surface area (Å²) in [6, 6.07) is 0.493. The Balaban J connectivity index is 1.83. The van der Waals surface area contributed by atoms with E-state index in [0.29, 0.717) is 12.1 Å². The molecular weight excluding hydrogens is 226 g/mol. The van der Waals surface area contributed by atoms with Gasteiger partial charge in [0.1, 0.15) is 0 Å². The normalized spacial score (nSPS) is 21.3. The minimum absolute atomic E-state index is 0.410. The molecule has 4 heteroatoms. The fraction of sp³-hybridized carbons (Fsp3) is 0.786. The molecule has 1 saturated heterocycles. The van der Waals surface area contributed by atoms with Crippen LogP contribution in [-0.4, -0.2) is 35.1 Å². The van der Waals surface area contributed by atoms with Gasteiger partial charge in [0.15, 0.2) is 0 Å². The zero-order valence-electron chi connectivity index (χ0n) is 11.6. The lowest BCUT2D eigenvalue weighted by molar-refractivity contribution is 0.0757. The van der Waals surface area contributed by atoms with Gasteiger partial charge in [0.05, 0.1) is 12.3 Å². The second-order valence-corrected chi connectivity index (χ2v) is 5.17. The zero-order chi connectivity index (χ0) is 12.8. The van der Waals surface area contributed by atoms with Gasteiger partial charge in [-0.2, -0.15) is 5.10 Å². The Hall–Kier alpha value is -0.870. The van der Waals surface area contributed by atoms with Crippen molar-refractivity contribution in [1.82, 2.24) is 15.1 Å². The monoisotopic (exact) mass is 251 g/mol. The van der Waals surface area contributed by atoms with Gasteiger partial charge < -0.3 is 10.1 Å². The second kappa shape index (κ2) is 6.90. The van der Waals surface area contributed by atoms with Crippen LogP contribution in [0.4, 0.5) is 0 Å². The lowest BCUT2D eigenvalue weighted by Gasteiger charge is -2.24. The molecule has 0 saturated carbocycles. The summed E-state index contributed by atoms with van der Waals surface area (Å²) >= 11 is 0. The Morgan fingerprint density at radius 2 is 2.50 bits per heavy atom. The molecule has 1 aromatic rings. The van der Waals surface area contributed by atoms with E-state index in [1.54, 1.807) is 0 Å². The third kappa shape index (κ3) is 3.82. The maximum atomic E-state index is 5.82. The van der Waals surface area contributed by atoms with E-state index in [2.05, 4.69) is 23.5 Å². The number of hydrogen-bond acceptors (Lipinski definition) is 3. The van der Waals surface area contributed by atoms with Crippen LogP contribution in [0.1, 0.15) is 38.2 Å². The van der Waals surface area contributed by atoms with Crippen LogP contribution in [0.25, 0.3) is 0 Å². The standard InChI is InChI=1S/C14H25N3O/c1-3-8-15-13(14-5-4-9-18-14)7-6-12-10-16-17(2)11-12/h10-11,13-15H,3-9H2,1-2H3. The van der Waals surface area contributed by atoms with E-state index in [9.17, 15) is 0 Å². The van der Waals surface area contributed by atoms with E-state index < -0.39 is 0 Å². The number of aryl methyl sites for hydroxylation is 2. The summed E-state index contributed by atoms with van der Waals surface area (Å²) in [5, 5.41) is 7.86. The van der Waals surface area contributed by atoms with E-state index >= 15 is 0 Å². The summed E-state index contributed by atoms with van der Waals surface area (Å²) in [5.41, 5.74) is 1.32. The van der Waals surface area contributed by atoms with Crippen LogP contribution >= 0.6 is 0 Å². The first-order valence-electron chi connectivity index (χ1n) is 7.12. The summed E-state index contributed by atoms with van der Waals surface area (Å²) in [6.45, 7) is 4.22. The van der Waals surface area contributed by atoms with Crippen LogP contribution in [0.3, 0.4) is 0 Å². The highest BCUT2D eigenvalue weighted by Gasteiger charge is 2.25. The van der Waals surface area contributed by atoms with Crippen molar-refractivity contribution in [2.45, 2.75) is 51.2 Å². The van der Waals surface area contributed by atoms with Crippen LogP contribution in [0.15, 0.2) is 12.4 Å². The number of rotatable bonds is 7. The number of hydrogen-bond donors (Lipinski definition) is 1. The molecule has 1 aromatic heterocycles. The van der Waals surface area contributed by atoms with Gasteiger partial charge in [0, 0.05) is 25.9 Å². The molecule has 0 radical (unpaired) electrons. The Labute approximate surface area is 110 Å². The molecule has 0 aromatic carbocycles. The lowest BCUT2D eigenvalue weighted by atomic mass is 10.0. The molecule has 1 aliphatic rings. The molecule has 102 valence electrons. The topological polar surface area (TPSA) is 39.1 Å². The maximum Gasteiger partial charge on any atom is 0.0728 e. The molecule has 1 aliphatic heterocycles. The van der Waals surface area contributed by atoms with Gasteiger partial charge in [-0.1, -0.05) is 6.92 Å². The van der Waals surface area contributed by atoms with Crippen LogP contribution in [0.2, 0.25) is 0 Å². The first-order valence-corrected chi connectivity index (χ1v) is 7.12. The van der Waals surface area contributed by atoms with Crippen molar-refractivity contribution in [2.75, 3.05) is 13.2 Å². The third-order valence-electron chi connectivity index (χ3n) is 3.57. The Morgan fingerprint density at radius 3 is 3.11 bits per heavy atom. The average Bonchev–Trinajstić information content (AvgIpc) is 3.01. The minimum Gasteiger partial charge on any atom is -0.377 e. The van der Waals surface area contributed by atoms with Gasteiger partial charge in [-0.15, -0.1) is 0 Å². The summed E-state index contributed by atoms with van der Waals surface area (Å²) in [6.07, 6.45) is 10.3. The number of nitrogens with zero attached hydrogens (tertiary/aromatic N) is 2. The number of nitrogens with one attached hydrogen (secondary N) is 1. The fourth-order valence-corrected chi connectivity index (χ4v) is 2.59. The van der Waals surface area contributed by atoms with Gasteiger partial charge in [-0.05, 0) is 44.2 Å². The molecule has 0 aliphatic carbocycles. The molecule has 0 amide bonds.